The molecule has 0 spiro atoms. The molecule has 0 aromatic heterocycles. The van der Waals surface area contributed by atoms with Crippen molar-refractivity contribution in [3.8, 4) is 5.75 Å². The molecule has 0 unspecified atom stereocenters. The van der Waals surface area contributed by atoms with Gasteiger partial charge < -0.3 is 25.0 Å². The van der Waals surface area contributed by atoms with E-state index in [4.69, 9.17) is 9.47 Å². The molecular weight excluding hydrogens is 446 g/mol. The lowest BCUT2D eigenvalue weighted by Gasteiger charge is -2.42. The Morgan fingerprint density at radius 1 is 1.11 bits per heavy atom. The topological polar surface area (TPSA) is 97.0 Å². The normalized spacial score (nSPS) is 22.5. The third-order valence-electron chi connectivity index (χ3n) is 6.71. The summed E-state index contributed by atoms with van der Waals surface area (Å²) < 4.78 is 12.3. The number of anilines is 1. The molecular formula is C27H33N3O5. The Labute approximate surface area is 206 Å². The van der Waals surface area contributed by atoms with Gasteiger partial charge >= 0.3 is 0 Å². The zero-order valence-electron chi connectivity index (χ0n) is 20.5. The molecule has 0 saturated carbocycles. The minimum Gasteiger partial charge on any atom is -0.490 e. The summed E-state index contributed by atoms with van der Waals surface area (Å²) in [7, 11) is 1.77. The second kappa shape index (κ2) is 10.9. The first-order valence-electron chi connectivity index (χ1n) is 12.2. The number of carbonyl (C=O) groups is 3. The summed E-state index contributed by atoms with van der Waals surface area (Å²) >= 11 is 0. The van der Waals surface area contributed by atoms with E-state index in [-0.39, 0.29) is 55.0 Å². The molecule has 2 aromatic rings. The van der Waals surface area contributed by atoms with Crippen LogP contribution in [0.3, 0.4) is 0 Å². The summed E-state index contributed by atoms with van der Waals surface area (Å²) in [6.07, 6.45) is 1.42. The smallest absolute Gasteiger partial charge is 0.257 e. The predicted molar refractivity (Wildman–Crippen MR) is 132 cm³/mol. The van der Waals surface area contributed by atoms with Crippen LogP contribution in [0, 0.1) is 0 Å². The molecule has 2 aliphatic rings. The summed E-state index contributed by atoms with van der Waals surface area (Å²) in [5.74, 6) is 0.0909. The van der Waals surface area contributed by atoms with Crippen molar-refractivity contribution < 1.29 is 23.9 Å². The van der Waals surface area contributed by atoms with E-state index in [0.29, 0.717) is 36.3 Å². The van der Waals surface area contributed by atoms with E-state index in [0.717, 1.165) is 5.56 Å². The van der Waals surface area contributed by atoms with Crippen LogP contribution < -0.4 is 15.4 Å². The van der Waals surface area contributed by atoms with Crippen molar-refractivity contribution in [1.82, 2.24) is 10.2 Å². The third-order valence-corrected chi connectivity index (χ3v) is 6.71. The number of fused-ring (bicyclic) bond motifs is 2. The molecule has 4 atom stereocenters. The highest BCUT2D eigenvalue weighted by Gasteiger charge is 2.39. The Morgan fingerprint density at radius 3 is 2.63 bits per heavy atom. The van der Waals surface area contributed by atoms with Crippen LogP contribution in [0.1, 0.15) is 61.5 Å². The van der Waals surface area contributed by atoms with Crippen molar-refractivity contribution in [3.63, 3.8) is 0 Å². The molecule has 0 aliphatic carbocycles. The predicted octanol–water partition coefficient (Wildman–Crippen LogP) is 3.68. The Bertz CT molecular complexity index is 1070. The van der Waals surface area contributed by atoms with Crippen molar-refractivity contribution >= 4 is 23.4 Å². The van der Waals surface area contributed by atoms with Gasteiger partial charge in [-0.1, -0.05) is 37.3 Å². The van der Waals surface area contributed by atoms with E-state index < -0.39 is 0 Å². The maximum atomic E-state index is 13.3. The second-order valence-corrected chi connectivity index (χ2v) is 9.18. The average molecular weight is 480 g/mol. The molecule has 3 amide bonds. The Hall–Kier alpha value is -3.39. The first kappa shape index (κ1) is 24.7. The van der Waals surface area contributed by atoms with Gasteiger partial charge in [-0.2, -0.15) is 0 Å². The lowest BCUT2D eigenvalue weighted by atomic mass is 9.94. The molecule has 4 rings (SSSR count). The number of benzene rings is 2. The number of ether oxygens (including phenoxy) is 2. The van der Waals surface area contributed by atoms with E-state index in [9.17, 15) is 14.4 Å². The van der Waals surface area contributed by atoms with Crippen LogP contribution in [-0.4, -0.2) is 54.5 Å². The monoisotopic (exact) mass is 479 g/mol. The van der Waals surface area contributed by atoms with Gasteiger partial charge in [0, 0.05) is 19.2 Å². The number of nitrogens with zero attached hydrogens (tertiary/aromatic N) is 1. The lowest BCUT2D eigenvalue weighted by molar-refractivity contribution is -0.134. The van der Waals surface area contributed by atoms with Crippen LogP contribution in [0.15, 0.2) is 48.5 Å². The number of likely N-dealkylation sites (N-methyl/N-ethyl adjacent to an activating group) is 1. The molecule has 2 N–H and O–H groups in total. The van der Waals surface area contributed by atoms with E-state index in [1.165, 1.54) is 0 Å². The molecule has 2 heterocycles. The van der Waals surface area contributed by atoms with Crippen molar-refractivity contribution in [2.45, 2.75) is 63.8 Å². The SMILES string of the molecule is CCC(=O)Nc1ccc2c(c1)C(=O)N(C)[C@@H]1CC[C@@H](CC(=O)N[C@@H](C)c3ccccc3)O[C@H]1CO2. The van der Waals surface area contributed by atoms with Crippen molar-refractivity contribution in [3.05, 3.63) is 59.7 Å². The maximum Gasteiger partial charge on any atom is 0.257 e. The van der Waals surface area contributed by atoms with E-state index >= 15 is 0 Å². The van der Waals surface area contributed by atoms with Gasteiger partial charge in [-0.15, -0.1) is 0 Å². The number of nitrogens with one attached hydrogen (secondary N) is 2. The summed E-state index contributed by atoms with van der Waals surface area (Å²) in [6, 6.07) is 14.7. The zero-order valence-corrected chi connectivity index (χ0v) is 20.5. The summed E-state index contributed by atoms with van der Waals surface area (Å²) in [6.45, 7) is 4.01. The van der Waals surface area contributed by atoms with Gasteiger partial charge in [0.05, 0.1) is 30.2 Å². The van der Waals surface area contributed by atoms with Gasteiger partial charge in [0.25, 0.3) is 5.91 Å². The Kier molecular flexibility index (Phi) is 7.70. The third kappa shape index (κ3) is 5.82. The first-order valence-corrected chi connectivity index (χ1v) is 12.2. The molecule has 0 bridgehead atoms. The molecule has 35 heavy (non-hydrogen) atoms. The minimum atomic E-state index is -0.338. The highest BCUT2D eigenvalue weighted by atomic mass is 16.5. The summed E-state index contributed by atoms with van der Waals surface area (Å²) in [4.78, 5) is 39.4. The fourth-order valence-electron chi connectivity index (χ4n) is 4.69. The number of amides is 3. The van der Waals surface area contributed by atoms with Gasteiger partial charge in [0.15, 0.2) is 0 Å². The number of hydrogen-bond acceptors (Lipinski definition) is 5. The summed E-state index contributed by atoms with van der Waals surface area (Å²) in [5, 5.41) is 5.83. The van der Waals surface area contributed by atoms with E-state index in [2.05, 4.69) is 10.6 Å². The molecule has 2 aromatic carbocycles. The van der Waals surface area contributed by atoms with Gasteiger partial charge in [-0.3, -0.25) is 14.4 Å². The van der Waals surface area contributed by atoms with Crippen LogP contribution in [-0.2, 0) is 14.3 Å². The van der Waals surface area contributed by atoms with Crippen LogP contribution in [0.25, 0.3) is 0 Å². The van der Waals surface area contributed by atoms with E-state index in [1.54, 1.807) is 37.1 Å². The summed E-state index contributed by atoms with van der Waals surface area (Å²) in [5.41, 5.74) is 2.03. The van der Waals surface area contributed by atoms with Gasteiger partial charge in [-0.25, -0.2) is 0 Å². The number of rotatable bonds is 6. The second-order valence-electron chi connectivity index (χ2n) is 9.18. The quantitative estimate of drug-likeness (QED) is 0.659. The lowest BCUT2D eigenvalue weighted by Crippen LogP contribution is -2.54. The number of hydrogen-bond donors (Lipinski definition) is 2. The van der Waals surface area contributed by atoms with E-state index in [1.807, 2.05) is 37.3 Å². The molecule has 1 fully saturated rings. The van der Waals surface area contributed by atoms with Gasteiger partial charge in [-0.05, 0) is 43.5 Å². The molecule has 1 saturated heterocycles. The fourth-order valence-corrected chi connectivity index (χ4v) is 4.69. The molecule has 0 radical (unpaired) electrons. The minimum absolute atomic E-state index is 0.0620. The van der Waals surface area contributed by atoms with Crippen molar-refractivity contribution in [2.24, 2.45) is 0 Å². The van der Waals surface area contributed by atoms with Crippen LogP contribution in [0.4, 0.5) is 5.69 Å². The van der Waals surface area contributed by atoms with Crippen molar-refractivity contribution in [2.75, 3.05) is 19.0 Å². The fraction of sp³-hybridized carbons (Fsp3) is 0.444. The Balaban J connectivity index is 1.40. The largest absolute Gasteiger partial charge is 0.490 e. The Morgan fingerprint density at radius 2 is 1.89 bits per heavy atom. The highest BCUT2D eigenvalue weighted by Crippen LogP contribution is 2.32. The average Bonchev–Trinajstić information content (AvgIpc) is 2.86. The number of carbonyl (C=O) groups excluding carboxylic acids is 3. The molecule has 186 valence electrons. The molecule has 8 nitrogen and oxygen atoms in total. The van der Waals surface area contributed by atoms with Crippen LogP contribution in [0.5, 0.6) is 5.75 Å². The van der Waals surface area contributed by atoms with Crippen molar-refractivity contribution in [1.29, 1.82) is 0 Å². The first-order chi connectivity index (χ1) is 16.9. The zero-order chi connectivity index (χ0) is 24.9. The standard InChI is InChI=1S/C27H33N3O5/c1-4-25(31)29-19-10-13-23-21(14-19)27(33)30(3)22-12-11-20(35-24(22)16-34-23)15-26(32)28-17(2)18-8-6-5-7-9-18/h5-10,13-14,17,20,22,24H,4,11-12,15-16H2,1-3H3,(H,28,32)(H,29,31)/t17-,20-,22+,24-/m0/s1. The van der Waals surface area contributed by atoms with Crippen LogP contribution in [0.2, 0.25) is 0 Å². The van der Waals surface area contributed by atoms with Crippen LogP contribution >= 0.6 is 0 Å². The van der Waals surface area contributed by atoms with Gasteiger partial charge in [0.2, 0.25) is 11.8 Å². The maximum absolute atomic E-state index is 13.3. The molecule has 2 aliphatic heterocycles. The van der Waals surface area contributed by atoms with Gasteiger partial charge in [0.1, 0.15) is 18.5 Å². The highest BCUT2D eigenvalue weighted by molar-refractivity contribution is 5.99. The molecule has 8 heteroatoms.